The number of benzene rings is 3. The van der Waals surface area contributed by atoms with Gasteiger partial charge in [0.1, 0.15) is 24.5 Å². The van der Waals surface area contributed by atoms with Crippen molar-refractivity contribution in [3.63, 3.8) is 0 Å². The zero-order chi connectivity index (χ0) is 26.5. The zero-order valence-electron chi connectivity index (χ0n) is 21.6. The molecular formula is C32H29N3O3. The number of fused-ring (bicyclic) bond motifs is 1. The Morgan fingerprint density at radius 3 is 2.68 bits per heavy atom. The monoisotopic (exact) mass is 503 g/mol. The lowest BCUT2D eigenvalue weighted by molar-refractivity contribution is -0.148. The summed E-state index contributed by atoms with van der Waals surface area (Å²) in [5, 5.41) is 9.24. The van der Waals surface area contributed by atoms with Gasteiger partial charge in [-0.15, -0.1) is 0 Å². The van der Waals surface area contributed by atoms with Crippen LogP contribution in [0.15, 0.2) is 85.2 Å². The molecule has 38 heavy (non-hydrogen) atoms. The van der Waals surface area contributed by atoms with Gasteiger partial charge in [-0.25, -0.2) is 0 Å². The molecule has 0 saturated carbocycles. The van der Waals surface area contributed by atoms with Crippen LogP contribution < -0.4 is 4.74 Å². The highest BCUT2D eigenvalue weighted by Gasteiger charge is 2.32. The van der Waals surface area contributed by atoms with Gasteiger partial charge in [0.25, 0.3) is 0 Å². The Hall–Kier alpha value is -4.47. The first kappa shape index (κ1) is 25.2. The van der Waals surface area contributed by atoms with Crippen LogP contribution in [0.25, 0.3) is 11.1 Å². The molecular weight excluding hydrogens is 474 g/mol. The van der Waals surface area contributed by atoms with E-state index in [9.17, 15) is 10.1 Å². The van der Waals surface area contributed by atoms with Gasteiger partial charge in [-0.05, 0) is 70.5 Å². The van der Waals surface area contributed by atoms with Crippen LogP contribution in [0.3, 0.4) is 0 Å². The molecule has 0 unspecified atom stereocenters. The van der Waals surface area contributed by atoms with E-state index in [1.165, 1.54) is 30.0 Å². The fraction of sp³-hybridized carbons (Fsp3) is 0.219. The summed E-state index contributed by atoms with van der Waals surface area (Å²) < 4.78 is 11.4. The van der Waals surface area contributed by atoms with Crippen molar-refractivity contribution in [2.75, 3.05) is 7.11 Å². The highest BCUT2D eigenvalue weighted by Crippen LogP contribution is 2.30. The predicted octanol–water partition coefficient (Wildman–Crippen LogP) is 5.61. The van der Waals surface area contributed by atoms with E-state index < -0.39 is 6.04 Å². The molecule has 0 saturated heterocycles. The Kier molecular flexibility index (Phi) is 7.48. The molecule has 190 valence electrons. The number of carbonyl (C=O) groups excluding carboxylic acids is 1. The number of carbonyl (C=O) groups is 1. The third-order valence-electron chi connectivity index (χ3n) is 7.11. The molecule has 6 heteroatoms. The Labute approximate surface area is 223 Å². The first-order valence-corrected chi connectivity index (χ1v) is 12.6. The fourth-order valence-corrected chi connectivity index (χ4v) is 5.04. The molecule has 0 spiro atoms. The van der Waals surface area contributed by atoms with Crippen molar-refractivity contribution in [1.29, 1.82) is 5.26 Å². The minimum absolute atomic E-state index is 0.269. The maximum absolute atomic E-state index is 12.6. The molecule has 0 fully saturated rings. The van der Waals surface area contributed by atoms with Crippen LogP contribution in [0.4, 0.5) is 0 Å². The predicted molar refractivity (Wildman–Crippen MR) is 145 cm³/mol. The van der Waals surface area contributed by atoms with Crippen molar-refractivity contribution in [1.82, 2.24) is 9.88 Å². The van der Waals surface area contributed by atoms with Gasteiger partial charge in [0.05, 0.1) is 12.7 Å². The zero-order valence-corrected chi connectivity index (χ0v) is 21.6. The van der Waals surface area contributed by atoms with E-state index in [1.807, 2.05) is 24.3 Å². The van der Waals surface area contributed by atoms with E-state index in [0.717, 1.165) is 28.0 Å². The summed E-state index contributed by atoms with van der Waals surface area (Å²) in [5.41, 5.74) is 8.34. The Morgan fingerprint density at radius 1 is 1.05 bits per heavy atom. The van der Waals surface area contributed by atoms with Gasteiger partial charge in [0, 0.05) is 25.5 Å². The molecule has 1 atom stereocenters. The third kappa shape index (κ3) is 5.44. The van der Waals surface area contributed by atoms with Gasteiger partial charge in [-0.1, -0.05) is 54.6 Å². The second kappa shape index (κ2) is 11.3. The first-order chi connectivity index (χ1) is 18.6. The standard InChI is InChI=1S/C32H29N3O3/c1-22-27(9-6-10-30(22)25-7-4-3-5-8-25)21-38-29-12-11-26-15-31(32(36)37-2)35(20-28(26)14-29)19-24-13-23(16-33)17-34-18-24/h3-14,17-18,31H,15,19-21H2,1-2H3/t31-/m0/s1. The number of nitriles is 1. The second-order valence-electron chi connectivity index (χ2n) is 9.52. The van der Waals surface area contributed by atoms with Crippen LogP contribution >= 0.6 is 0 Å². The lowest BCUT2D eigenvalue weighted by Gasteiger charge is -2.35. The number of methoxy groups -OCH3 is 1. The molecule has 0 bridgehead atoms. The Bertz CT molecular complexity index is 1490. The lowest BCUT2D eigenvalue weighted by Crippen LogP contribution is -2.45. The summed E-state index contributed by atoms with van der Waals surface area (Å²) in [6, 6.07) is 26.3. The van der Waals surface area contributed by atoms with Crippen LogP contribution in [0.1, 0.15) is 33.4 Å². The molecule has 1 aliphatic heterocycles. The number of hydrogen-bond acceptors (Lipinski definition) is 6. The van der Waals surface area contributed by atoms with Crippen LogP contribution in [0.2, 0.25) is 0 Å². The summed E-state index contributed by atoms with van der Waals surface area (Å²) in [4.78, 5) is 18.9. The van der Waals surface area contributed by atoms with Crippen LogP contribution in [-0.2, 0) is 35.6 Å². The molecule has 5 rings (SSSR count). The topological polar surface area (TPSA) is 75.5 Å². The number of nitrogens with zero attached hydrogens (tertiary/aromatic N) is 3. The molecule has 3 aromatic carbocycles. The average molecular weight is 504 g/mol. The van der Waals surface area contributed by atoms with Crippen molar-refractivity contribution in [2.45, 2.75) is 39.1 Å². The summed E-state index contributed by atoms with van der Waals surface area (Å²) in [6.45, 7) is 3.64. The van der Waals surface area contributed by atoms with Gasteiger partial charge < -0.3 is 9.47 Å². The molecule has 0 amide bonds. The van der Waals surface area contributed by atoms with Crippen LogP contribution in [0.5, 0.6) is 5.75 Å². The normalized spacial score (nSPS) is 14.8. The summed E-state index contributed by atoms with van der Waals surface area (Å²) in [6.07, 6.45) is 3.82. The number of esters is 1. The SMILES string of the molecule is COC(=O)[C@@H]1Cc2ccc(OCc3cccc(-c4ccccc4)c3C)cc2CN1Cc1cncc(C#N)c1. The minimum Gasteiger partial charge on any atom is -0.489 e. The van der Waals surface area contributed by atoms with Gasteiger partial charge in [0.2, 0.25) is 0 Å². The second-order valence-corrected chi connectivity index (χ2v) is 9.52. The molecule has 4 aromatic rings. The molecule has 0 aliphatic carbocycles. The maximum Gasteiger partial charge on any atom is 0.323 e. The molecule has 2 heterocycles. The molecule has 1 aromatic heterocycles. The van der Waals surface area contributed by atoms with E-state index in [-0.39, 0.29) is 5.97 Å². The number of pyridine rings is 1. The van der Waals surface area contributed by atoms with E-state index in [0.29, 0.717) is 31.7 Å². The van der Waals surface area contributed by atoms with Crippen molar-refractivity contribution < 1.29 is 14.3 Å². The van der Waals surface area contributed by atoms with E-state index in [4.69, 9.17) is 9.47 Å². The Morgan fingerprint density at radius 2 is 1.89 bits per heavy atom. The summed E-state index contributed by atoms with van der Waals surface area (Å²) >= 11 is 0. The maximum atomic E-state index is 12.6. The summed E-state index contributed by atoms with van der Waals surface area (Å²) in [7, 11) is 1.42. The van der Waals surface area contributed by atoms with Crippen molar-refractivity contribution >= 4 is 5.97 Å². The first-order valence-electron chi connectivity index (χ1n) is 12.6. The highest BCUT2D eigenvalue weighted by atomic mass is 16.5. The number of hydrogen-bond donors (Lipinski definition) is 0. The van der Waals surface area contributed by atoms with Crippen molar-refractivity contribution in [2.24, 2.45) is 0 Å². The molecule has 6 nitrogen and oxygen atoms in total. The van der Waals surface area contributed by atoms with Crippen molar-refractivity contribution in [3.8, 4) is 22.9 Å². The minimum atomic E-state index is -0.409. The number of ether oxygens (including phenoxy) is 2. The van der Waals surface area contributed by atoms with E-state index >= 15 is 0 Å². The Balaban J connectivity index is 1.35. The lowest BCUT2D eigenvalue weighted by atomic mass is 9.93. The smallest absolute Gasteiger partial charge is 0.323 e. The highest BCUT2D eigenvalue weighted by molar-refractivity contribution is 5.76. The van der Waals surface area contributed by atoms with E-state index in [1.54, 1.807) is 6.20 Å². The summed E-state index contributed by atoms with van der Waals surface area (Å²) in [5.74, 6) is 0.520. The van der Waals surface area contributed by atoms with Crippen molar-refractivity contribution in [3.05, 3.63) is 119 Å². The van der Waals surface area contributed by atoms with Gasteiger partial charge >= 0.3 is 5.97 Å². The largest absolute Gasteiger partial charge is 0.489 e. The fourth-order valence-electron chi connectivity index (χ4n) is 5.04. The van der Waals surface area contributed by atoms with Gasteiger partial charge in [-0.2, -0.15) is 5.26 Å². The average Bonchev–Trinajstić information content (AvgIpc) is 2.96. The quantitative estimate of drug-likeness (QED) is 0.305. The molecule has 1 aliphatic rings. The number of rotatable bonds is 7. The van der Waals surface area contributed by atoms with E-state index in [2.05, 4.69) is 71.4 Å². The van der Waals surface area contributed by atoms with Gasteiger partial charge in [-0.3, -0.25) is 14.7 Å². The molecule has 0 N–H and O–H groups in total. The third-order valence-corrected chi connectivity index (χ3v) is 7.11. The van der Waals surface area contributed by atoms with Crippen LogP contribution in [-0.4, -0.2) is 29.0 Å². The molecule has 0 radical (unpaired) electrons. The number of aromatic nitrogens is 1. The van der Waals surface area contributed by atoms with Crippen LogP contribution in [0, 0.1) is 18.3 Å². The van der Waals surface area contributed by atoms with Gasteiger partial charge in [0.15, 0.2) is 0 Å².